The van der Waals surface area contributed by atoms with Gasteiger partial charge in [-0.05, 0) is 49.2 Å². The topological polar surface area (TPSA) is 110 Å². The third kappa shape index (κ3) is 5.42. The van der Waals surface area contributed by atoms with Crippen molar-refractivity contribution in [1.29, 1.82) is 0 Å². The molecule has 0 fully saturated rings. The zero-order chi connectivity index (χ0) is 24.3. The highest BCUT2D eigenvalue weighted by Crippen LogP contribution is 2.31. The number of ether oxygens (including phenoxy) is 1. The normalized spacial score (nSPS) is 15.5. The van der Waals surface area contributed by atoms with Crippen LogP contribution < -0.4 is 15.0 Å². The molecule has 0 unspecified atom stereocenters. The van der Waals surface area contributed by atoms with Gasteiger partial charge in [0.1, 0.15) is 24.0 Å². The SMILES string of the molecule is CN1C(=O)[C@@H](NC(=O)n2cc(Cc3cccnc3)cn2)COc2ccc(C#CC(C)(C)O)cc21. The van der Waals surface area contributed by atoms with Crippen molar-refractivity contribution in [2.75, 3.05) is 18.6 Å². The van der Waals surface area contributed by atoms with Crippen LogP contribution in [0.5, 0.6) is 5.75 Å². The lowest BCUT2D eigenvalue weighted by Crippen LogP contribution is -2.50. The van der Waals surface area contributed by atoms with E-state index >= 15 is 0 Å². The summed E-state index contributed by atoms with van der Waals surface area (Å²) in [7, 11) is 1.61. The molecule has 4 rings (SSSR count). The fraction of sp³-hybridized carbons (Fsp3) is 0.280. The second-order valence-electron chi connectivity index (χ2n) is 8.53. The van der Waals surface area contributed by atoms with E-state index in [9.17, 15) is 14.7 Å². The van der Waals surface area contributed by atoms with Crippen LogP contribution in [0.4, 0.5) is 10.5 Å². The molecule has 2 aromatic heterocycles. The number of hydrogen-bond donors (Lipinski definition) is 2. The number of nitrogens with zero attached hydrogens (tertiary/aromatic N) is 4. The molecule has 34 heavy (non-hydrogen) atoms. The molecule has 1 aromatic carbocycles. The van der Waals surface area contributed by atoms with Gasteiger partial charge in [0.2, 0.25) is 0 Å². The van der Waals surface area contributed by atoms with Crippen molar-refractivity contribution in [3.63, 3.8) is 0 Å². The Morgan fingerprint density at radius 3 is 2.85 bits per heavy atom. The van der Waals surface area contributed by atoms with Crippen LogP contribution in [-0.4, -0.2) is 57.1 Å². The van der Waals surface area contributed by atoms with Gasteiger partial charge in [0, 0.05) is 37.6 Å². The van der Waals surface area contributed by atoms with E-state index in [4.69, 9.17) is 4.74 Å². The van der Waals surface area contributed by atoms with Crippen molar-refractivity contribution in [3.05, 3.63) is 71.8 Å². The largest absolute Gasteiger partial charge is 0.489 e. The molecular weight excluding hydrogens is 434 g/mol. The zero-order valence-electron chi connectivity index (χ0n) is 19.1. The van der Waals surface area contributed by atoms with Gasteiger partial charge in [0.15, 0.2) is 0 Å². The van der Waals surface area contributed by atoms with Crippen molar-refractivity contribution in [1.82, 2.24) is 20.1 Å². The molecule has 1 atom stereocenters. The number of carbonyl (C=O) groups is 2. The molecule has 3 aromatic rings. The Balaban J connectivity index is 1.46. The van der Waals surface area contributed by atoms with Gasteiger partial charge >= 0.3 is 6.03 Å². The molecule has 0 spiro atoms. The first-order valence-corrected chi connectivity index (χ1v) is 10.7. The number of anilines is 1. The van der Waals surface area contributed by atoms with Crippen LogP contribution in [-0.2, 0) is 11.2 Å². The fourth-order valence-corrected chi connectivity index (χ4v) is 3.42. The third-order valence-corrected chi connectivity index (χ3v) is 5.14. The van der Waals surface area contributed by atoms with E-state index in [0.29, 0.717) is 23.4 Å². The standard InChI is InChI=1S/C25H25N5O4/c1-25(2,33)9-8-17-6-7-22-21(12-17)29(3)23(31)20(16-34-22)28-24(32)30-15-19(14-27-30)11-18-5-4-10-26-13-18/h4-7,10,12-15,20,33H,11,16H2,1-3H3,(H,28,32)/t20-/m0/s1. The average Bonchev–Trinajstić information content (AvgIpc) is 3.24. The summed E-state index contributed by atoms with van der Waals surface area (Å²) in [4.78, 5) is 31.3. The summed E-state index contributed by atoms with van der Waals surface area (Å²) in [6, 6.07) is 7.55. The molecule has 9 nitrogen and oxygen atoms in total. The molecule has 9 heteroatoms. The number of carbonyl (C=O) groups excluding carboxylic acids is 2. The molecule has 2 amide bonds. The summed E-state index contributed by atoms with van der Waals surface area (Å²) in [6.07, 6.45) is 7.27. The minimum absolute atomic E-state index is 0.0274. The first-order valence-electron chi connectivity index (χ1n) is 10.7. The number of amides is 2. The Hall–Kier alpha value is -4.16. The predicted molar refractivity (Wildman–Crippen MR) is 126 cm³/mol. The smallest absolute Gasteiger partial charge is 0.342 e. The first-order chi connectivity index (χ1) is 16.2. The zero-order valence-corrected chi connectivity index (χ0v) is 19.1. The predicted octanol–water partition coefficient (Wildman–Crippen LogP) is 1.97. The number of aliphatic hydroxyl groups is 1. The van der Waals surface area contributed by atoms with E-state index in [1.807, 2.05) is 12.1 Å². The Bertz CT molecular complexity index is 1270. The van der Waals surface area contributed by atoms with Crippen LogP contribution in [0, 0.1) is 11.8 Å². The molecule has 0 saturated carbocycles. The van der Waals surface area contributed by atoms with Crippen molar-refractivity contribution < 1.29 is 19.4 Å². The van der Waals surface area contributed by atoms with E-state index in [2.05, 4.69) is 27.2 Å². The molecule has 3 heterocycles. The number of rotatable bonds is 3. The Morgan fingerprint density at radius 2 is 2.12 bits per heavy atom. The number of hydrogen-bond acceptors (Lipinski definition) is 6. The molecule has 1 aliphatic rings. The Labute approximate surface area is 197 Å². The Morgan fingerprint density at radius 1 is 1.29 bits per heavy atom. The molecule has 0 saturated heterocycles. The lowest BCUT2D eigenvalue weighted by molar-refractivity contribution is -0.120. The maximum atomic E-state index is 13.1. The second-order valence-corrected chi connectivity index (χ2v) is 8.53. The molecule has 174 valence electrons. The van der Waals surface area contributed by atoms with Crippen molar-refractivity contribution >= 4 is 17.6 Å². The average molecular weight is 460 g/mol. The highest BCUT2D eigenvalue weighted by molar-refractivity contribution is 6.00. The number of benzene rings is 1. The van der Waals surface area contributed by atoms with Crippen molar-refractivity contribution in [2.24, 2.45) is 0 Å². The number of likely N-dealkylation sites (N-methyl/N-ethyl adjacent to an activating group) is 1. The minimum atomic E-state index is -1.13. The first kappa shape index (κ1) is 23.0. The minimum Gasteiger partial charge on any atom is -0.489 e. The fourth-order valence-electron chi connectivity index (χ4n) is 3.42. The second kappa shape index (κ2) is 9.37. The van der Waals surface area contributed by atoms with Gasteiger partial charge in [-0.15, -0.1) is 0 Å². The summed E-state index contributed by atoms with van der Waals surface area (Å²) in [5.74, 6) is 5.81. The summed E-state index contributed by atoms with van der Waals surface area (Å²) >= 11 is 0. The lowest BCUT2D eigenvalue weighted by Gasteiger charge is -2.20. The molecular formula is C25H25N5O4. The number of fused-ring (bicyclic) bond motifs is 1. The van der Waals surface area contributed by atoms with Gasteiger partial charge < -0.3 is 20.1 Å². The lowest BCUT2D eigenvalue weighted by atomic mass is 10.1. The van der Waals surface area contributed by atoms with E-state index < -0.39 is 17.7 Å². The highest BCUT2D eigenvalue weighted by Gasteiger charge is 2.31. The van der Waals surface area contributed by atoms with Gasteiger partial charge in [-0.1, -0.05) is 17.9 Å². The van der Waals surface area contributed by atoms with Crippen LogP contribution >= 0.6 is 0 Å². The molecule has 0 bridgehead atoms. The van der Waals surface area contributed by atoms with E-state index in [-0.39, 0.29) is 12.5 Å². The molecule has 0 radical (unpaired) electrons. The van der Waals surface area contributed by atoms with Gasteiger partial charge in [-0.3, -0.25) is 9.78 Å². The van der Waals surface area contributed by atoms with Gasteiger partial charge in [0.25, 0.3) is 5.91 Å². The maximum absolute atomic E-state index is 13.1. The van der Waals surface area contributed by atoms with Gasteiger partial charge in [-0.25, -0.2) is 4.79 Å². The van der Waals surface area contributed by atoms with Gasteiger partial charge in [-0.2, -0.15) is 9.78 Å². The number of nitrogens with one attached hydrogen (secondary N) is 1. The third-order valence-electron chi connectivity index (χ3n) is 5.14. The van der Waals surface area contributed by atoms with Gasteiger partial charge in [0.05, 0.1) is 11.9 Å². The summed E-state index contributed by atoms with van der Waals surface area (Å²) in [5.41, 5.74) is 1.87. The van der Waals surface area contributed by atoms with Crippen molar-refractivity contribution in [3.8, 4) is 17.6 Å². The van der Waals surface area contributed by atoms with Crippen LogP contribution in [0.15, 0.2) is 55.1 Å². The Kier molecular flexibility index (Phi) is 6.34. The highest BCUT2D eigenvalue weighted by atomic mass is 16.5. The number of aromatic nitrogens is 3. The van der Waals surface area contributed by atoms with Crippen LogP contribution in [0.2, 0.25) is 0 Å². The van der Waals surface area contributed by atoms with Crippen molar-refractivity contribution in [2.45, 2.75) is 31.9 Å². The molecule has 1 aliphatic heterocycles. The van der Waals surface area contributed by atoms with Crippen LogP contribution in [0.3, 0.4) is 0 Å². The van der Waals surface area contributed by atoms with E-state index in [1.54, 1.807) is 63.9 Å². The summed E-state index contributed by atoms with van der Waals surface area (Å²) in [6.45, 7) is 3.16. The summed E-state index contributed by atoms with van der Waals surface area (Å²) in [5, 5.41) is 16.6. The summed E-state index contributed by atoms with van der Waals surface area (Å²) < 4.78 is 6.98. The number of pyridine rings is 1. The monoisotopic (exact) mass is 459 g/mol. The van der Waals surface area contributed by atoms with Crippen LogP contribution in [0.25, 0.3) is 0 Å². The molecule has 0 aliphatic carbocycles. The van der Waals surface area contributed by atoms with E-state index in [0.717, 1.165) is 11.1 Å². The van der Waals surface area contributed by atoms with Crippen LogP contribution in [0.1, 0.15) is 30.5 Å². The quantitative estimate of drug-likeness (QED) is 0.580. The maximum Gasteiger partial charge on any atom is 0.342 e. The van der Waals surface area contributed by atoms with E-state index in [1.165, 1.54) is 9.58 Å². The molecule has 2 N–H and O–H groups in total.